The van der Waals surface area contributed by atoms with Crippen LogP contribution in [0.25, 0.3) is 11.1 Å². The van der Waals surface area contributed by atoms with Gasteiger partial charge in [-0.25, -0.2) is 4.79 Å². The number of hydrogen-bond acceptors (Lipinski definition) is 7. The van der Waals surface area contributed by atoms with Crippen LogP contribution in [0.3, 0.4) is 0 Å². The largest absolute Gasteiger partial charge is 0.457 e. The predicted molar refractivity (Wildman–Crippen MR) is 242 cm³/mol. The molecule has 3 amide bonds. The normalized spacial score (nSPS) is 22.8. The third kappa shape index (κ3) is 11.1. The Labute approximate surface area is 366 Å². The number of carbonyl (C=O) groups is 2. The van der Waals surface area contributed by atoms with E-state index in [-0.39, 0.29) is 42.3 Å². The van der Waals surface area contributed by atoms with E-state index in [4.69, 9.17) is 14.2 Å². The lowest BCUT2D eigenvalue weighted by Crippen LogP contribution is -2.61. The molecule has 3 fully saturated rings. The van der Waals surface area contributed by atoms with Crippen molar-refractivity contribution in [3.8, 4) is 22.6 Å². The fourth-order valence-electron chi connectivity index (χ4n) is 9.28. The van der Waals surface area contributed by atoms with Crippen molar-refractivity contribution in [2.75, 3.05) is 11.9 Å². The number of benzene rings is 5. The molecule has 6 atom stereocenters. The number of aliphatic hydroxyl groups excluding tert-OH is 1. The predicted octanol–water partition coefficient (Wildman–Crippen LogP) is 10.4. The van der Waals surface area contributed by atoms with Gasteiger partial charge in [-0.1, -0.05) is 97.8 Å². The van der Waals surface area contributed by atoms with Gasteiger partial charge in [0.25, 0.3) is 0 Å². The van der Waals surface area contributed by atoms with E-state index in [2.05, 4.69) is 57.2 Å². The van der Waals surface area contributed by atoms with Crippen LogP contribution in [0.4, 0.5) is 10.5 Å². The molecule has 0 aromatic heterocycles. The van der Waals surface area contributed by atoms with Gasteiger partial charge in [0.15, 0.2) is 6.29 Å². The minimum absolute atomic E-state index is 0.0155. The smallest absolute Gasteiger partial charge is 0.319 e. The lowest BCUT2D eigenvalue weighted by Gasteiger charge is -2.50. The molecule has 1 aliphatic carbocycles. The number of piperidine rings is 1. The van der Waals surface area contributed by atoms with Gasteiger partial charge in [-0.05, 0) is 123 Å². The SMILES string of the molecule is CC(C)(C)NC(=O)[C@H]1CC[C@H]2CCCC[C@H]2N1C[C@H]1C[C@@H](c2ccc(CO)cc2)O[C@@H](c2ccc(-c3cccc(CNC(=O)Nc4ccc(Oc5ccccc5)cc4)c3)cc2)O1. The highest BCUT2D eigenvalue weighted by Gasteiger charge is 2.44. The van der Waals surface area contributed by atoms with Gasteiger partial charge < -0.3 is 35.3 Å². The number of rotatable bonds is 12. The van der Waals surface area contributed by atoms with Gasteiger partial charge in [0.05, 0.1) is 24.9 Å². The lowest BCUT2D eigenvalue weighted by atomic mass is 9.75. The highest BCUT2D eigenvalue weighted by Crippen LogP contribution is 2.42. The number of likely N-dealkylation sites (tertiary alicyclic amines) is 1. The van der Waals surface area contributed by atoms with Crippen molar-refractivity contribution in [2.45, 2.75) is 115 Å². The van der Waals surface area contributed by atoms with Crippen LogP contribution in [0, 0.1) is 5.92 Å². The van der Waals surface area contributed by atoms with Crippen LogP contribution < -0.4 is 20.7 Å². The molecular weight excluding hydrogens is 777 g/mol. The zero-order chi connectivity index (χ0) is 43.1. The van der Waals surface area contributed by atoms with Gasteiger partial charge >= 0.3 is 6.03 Å². The molecule has 3 aliphatic rings. The Bertz CT molecular complexity index is 2240. The van der Waals surface area contributed by atoms with E-state index >= 15 is 0 Å². The highest BCUT2D eigenvalue weighted by atomic mass is 16.7. The summed E-state index contributed by atoms with van der Waals surface area (Å²) in [5.41, 5.74) is 6.20. The van der Waals surface area contributed by atoms with E-state index in [1.165, 1.54) is 19.3 Å². The van der Waals surface area contributed by atoms with Gasteiger partial charge in [-0.3, -0.25) is 9.69 Å². The molecule has 62 heavy (non-hydrogen) atoms. The monoisotopic (exact) mass is 836 g/mol. The summed E-state index contributed by atoms with van der Waals surface area (Å²) in [4.78, 5) is 29.2. The molecule has 2 saturated heterocycles. The molecule has 10 nitrogen and oxygen atoms in total. The van der Waals surface area contributed by atoms with Gasteiger partial charge in [-0.2, -0.15) is 0 Å². The van der Waals surface area contributed by atoms with Crippen LogP contribution in [0.5, 0.6) is 11.5 Å². The summed E-state index contributed by atoms with van der Waals surface area (Å²) in [6.07, 6.45) is 6.35. The van der Waals surface area contributed by atoms with Crippen LogP contribution in [0.2, 0.25) is 0 Å². The zero-order valence-electron chi connectivity index (χ0n) is 36.1. The van der Waals surface area contributed by atoms with Crippen molar-refractivity contribution < 1.29 is 28.9 Å². The van der Waals surface area contributed by atoms with Crippen LogP contribution >= 0.6 is 0 Å². The van der Waals surface area contributed by atoms with E-state index in [9.17, 15) is 14.7 Å². The summed E-state index contributed by atoms with van der Waals surface area (Å²) in [7, 11) is 0. The fourth-order valence-corrected chi connectivity index (χ4v) is 9.28. The van der Waals surface area contributed by atoms with E-state index in [0.717, 1.165) is 58.4 Å². The summed E-state index contributed by atoms with van der Waals surface area (Å²) < 4.78 is 19.5. The molecule has 2 aliphatic heterocycles. The molecule has 1 saturated carbocycles. The second kappa shape index (κ2) is 19.7. The highest BCUT2D eigenvalue weighted by molar-refractivity contribution is 5.89. The number of nitrogens with one attached hydrogen (secondary N) is 3. The van der Waals surface area contributed by atoms with Crippen molar-refractivity contribution in [3.05, 3.63) is 150 Å². The Morgan fingerprint density at radius 1 is 0.742 bits per heavy atom. The molecule has 10 heteroatoms. The Hall–Kier alpha value is -5.52. The topological polar surface area (TPSA) is 121 Å². The number of aliphatic hydroxyl groups is 1. The summed E-state index contributed by atoms with van der Waals surface area (Å²) in [5, 5.41) is 18.9. The summed E-state index contributed by atoms with van der Waals surface area (Å²) >= 11 is 0. The second-order valence-electron chi connectivity index (χ2n) is 18.1. The number of ether oxygens (including phenoxy) is 3. The average Bonchev–Trinajstić information content (AvgIpc) is 3.29. The fraction of sp³-hybridized carbons (Fsp3) is 0.385. The number of anilines is 1. The number of nitrogens with zero attached hydrogens (tertiary/aromatic N) is 1. The second-order valence-corrected chi connectivity index (χ2v) is 18.1. The van der Waals surface area contributed by atoms with Gasteiger partial charge in [0.1, 0.15) is 11.5 Å². The van der Waals surface area contributed by atoms with Crippen molar-refractivity contribution >= 4 is 17.6 Å². The first-order valence-electron chi connectivity index (χ1n) is 22.2. The first-order valence-corrected chi connectivity index (χ1v) is 22.2. The maximum absolute atomic E-state index is 13.9. The number of fused-ring (bicyclic) bond motifs is 1. The Morgan fingerprint density at radius 2 is 1.47 bits per heavy atom. The third-order valence-corrected chi connectivity index (χ3v) is 12.3. The lowest BCUT2D eigenvalue weighted by molar-refractivity contribution is -0.255. The van der Waals surface area contributed by atoms with E-state index in [0.29, 0.717) is 42.9 Å². The standard InChI is InChI=1S/C52H60N4O6/c1-52(2,3)55-49(58)47-29-24-38-11-7-8-15-46(38)56(47)33-45-31-48(39-18-16-35(34-57)17-19-39)62-50(61-45)40-22-20-37(21-23-40)41-12-9-10-36(30-41)32-53-51(59)54-42-25-27-44(28-26-42)60-43-13-5-4-6-14-43/h4-6,9-10,12-14,16-23,25-28,30,38,45-48,50,57H,7-8,11,15,24,29,31-34H2,1-3H3,(H,55,58)(H2,53,54,59)/t38-,45-,46-,47-,48+,50+/m1/s1. The Kier molecular flexibility index (Phi) is 13.7. The maximum atomic E-state index is 13.9. The Morgan fingerprint density at radius 3 is 2.21 bits per heavy atom. The molecule has 0 unspecified atom stereocenters. The van der Waals surface area contributed by atoms with Crippen LogP contribution in [-0.4, -0.2) is 52.2 Å². The molecule has 5 aromatic carbocycles. The number of amides is 3. The number of para-hydroxylation sites is 1. The Balaban J connectivity index is 0.941. The average molecular weight is 837 g/mol. The quantitative estimate of drug-likeness (QED) is 0.0987. The molecule has 2 heterocycles. The first-order chi connectivity index (χ1) is 30.1. The minimum atomic E-state index is -0.610. The molecular formula is C52H60N4O6. The summed E-state index contributed by atoms with van der Waals surface area (Å²) in [6, 6.07) is 41.2. The zero-order valence-corrected chi connectivity index (χ0v) is 36.1. The first kappa shape index (κ1) is 43.1. The number of urea groups is 1. The van der Waals surface area contributed by atoms with Gasteiger partial charge in [0.2, 0.25) is 5.91 Å². The van der Waals surface area contributed by atoms with Crippen LogP contribution in [-0.2, 0) is 27.4 Å². The van der Waals surface area contributed by atoms with Crippen molar-refractivity contribution in [1.29, 1.82) is 0 Å². The minimum Gasteiger partial charge on any atom is -0.457 e. The van der Waals surface area contributed by atoms with Gasteiger partial charge in [-0.15, -0.1) is 0 Å². The molecule has 8 rings (SSSR count). The molecule has 0 bridgehead atoms. The summed E-state index contributed by atoms with van der Waals surface area (Å²) in [5.74, 6) is 2.14. The summed E-state index contributed by atoms with van der Waals surface area (Å²) in [6.45, 7) is 7.14. The number of carbonyl (C=O) groups excluding carboxylic acids is 2. The van der Waals surface area contributed by atoms with Crippen molar-refractivity contribution in [1.82, 2.24) is 15.5 Å². The van der Waals surface area contributed by atoms with E-state index < -0.39 is 6.29 Å². The number of hydrogen-bond donors (Lipinski definition) is 4. The molecule has 4 N–H and O–H groups in total. The van der Waals surface area contributed by atoms with E-state index in [1.54, 1.807) is 0 Å². The van der Waals surface area contributed by atoms with E-state index in [1.807, 2.05) is 112 Å². The molecule has 0 radical (unpaired) electrons. The molecule has 324 valence electrons. The van der Waals surface area contributed by atoms with Gasteiger partial charge in [0, 0.05) is 42.3 Å². The van der Waals surface area contributed by atoms with Crippen molar-refractivity contribution in [3.63, 3.8) is 0 Å². The van der Waals surface area contributed by atoms with Crippen molar-refractivity contribution in [2.24, 2.45) is 5.92 Å². The third-order valence-electron chi connectivity index (χ3n) is 12.3. The molecule has 0 spiro atoms. The maximum Gasteiger partial charge on any atom is 0.319 e. The van der Waals surface area contributed by atoms with Crippen LogP contribution in [0.15, 0.2) is 127 Å². The van der Waals surface area contributed by atoms with Crippen LogP contribution in [0.1, 0.15) is 100 Å². The molecule has 5 aromatic rings.